The van der Waals surface area contributed by atoms with Crippen LogP contribution >= 0.6 is 0 Å². The molecule has 1 unspecified atom stereocenters. The van der Waals surface area contributed by atoms with Crippen LogP contribution in [-0.4, -0.2) is 12.1 Å². The van der Waals surface area contributed by atoms with Crippen molar-refractivity contribution in [3.8, 4) is 0 Å². The second-order valence-corrected chi connectivity index (χ2v) is 2.50. The van der Waals surface area contributed by atoms with E-state index in [0.29, 0.717) is 12.1 Å². The van der Waals surface area contributed by atoms with E-state index in [-0.39, 0.29) is 0 Å². The molecule has 0 aliphatic heterocycles. The number of hydrogen-bond donors (Lipinski definition) is 0. The predicted molar refractivity (Wildman–Crippen MR) is 37.0 cm³/mol. The van der Waals surface area contributed by atoms with Gasteiger partial charge in [-0.3, -0.25) is 0 Å². The highest BCUT2D eigenvalue weighted by molar-refractivity contribution is 4.59. The Morgan fingerprint density at radius 3 is 1.88 bits per heavy atom. The summed E-state index contributed by atoms with van der Waals surface area (Å²) < 4.78 is 0. The zero-order valence-corrected chi connectivity index (χ0v) is 6.31. The standard InChI is InChI=1S/C7H16N/c1-5-7(4)8-6(2)3/h6-7H,5H2,1-4H3. The monoisotopic (exact) mass is 114 g/mol. The Morgan fingerprint density at radius 1 is 1.25 bits per heavy atom. The molecular weight excluding hydrogens is 98.1 g/mol. The molecule has 0 saturated heterocycles. The van der Waals surface area contributed by atoms with Crippen LogP contribution in [0.3, 0.4) is 0 Å². The Hall–Kier alpha value is -0.0400. The molecule has 0 amide bonds. The van der Waals surface area contributed by atoms with Crippen LogP contribution in [0.4, 0.5) is 0 Å². The number of hydrogen-bond acceptors (Lipinski definition) is 0. The lowest BCUT2D eigenvalue weighted by molar-refractivity contribution is 0.468. The fourth-order valence-corrected chi connectivity index (χ4v) is 0.614. The van der Waals surface area contributed by atoms with Crippen molar-refractivity contribution in [2.24, 2.45) is 0 Å². The summed E-state index contributed by atoms with van der Waals surface area (Å²) in [6.45, 7) is 8.55. The summed E-state index contributed by atoms with van der Waals surface area (Å²) in [5.74, 6) is 0. The molecule has 8 heavy (non-hydrogen) atoms. The average Bonchev–Trinajstić information content (AvgIpc) is 1.65. The largest absolute Gasteiger partial charge is 0.236 e. The van der Waals surface area contributed by atoms with Crippen LogP contribution in [0.1, 0.15) is 34.1 Å². The van der Waals surface area contributed by atoms with Gasteiger partial charge in [-0.1, -0.05) is 6.92 Å². The molecule has 0 aliphatic carbocycles. The molecule has 0 aromatic rings. The fourth-order valence-electron chi connectivity index (χ4n) is 0.614. The van der Waals surface area contributed by atoms with Crippen LogP contribution in [0.15, 0.2) is 0 Å². The van der Waals surface area contributed by atoms with Gasteiger partial charge in [0.1, 0.15) is 0 Å². The maximum Gasteiger partial charge on any atom is 0.0218 e. The quantitative estimate of drug-likeness (QED) is 0.531. The van der Waals surface area contributed by atoms with E-state index in [9.17, 15) is 0 Å². The lowest BCUT2D eigenvalue weighted by Crippen LogP contribution is -2.23. The molecule has 0 saturated carbocycles. The number of rotatable bonds is 3. The van der Waals surface area contributed by atoms with Crippen LogP contribution in [0.5, 0.6) is 0 Å². The van der Waals surface area contributed by atoms with Gasteiger partial charge in [0.15, 0.2) is 0 Å². The molecule has 0 aromatic heterocycles. The first kappa shape index (κ1) is 7.96. The molecule has 1 atom stereocenters. The maximum atomic E-state index is 4.40. The molecule has 0 fully saturated rings. The molecule has 49 valence electrons. The summed E-state index contributed by atoms with van der Waals surface area (Å²) in [5, 5.41) is 4.40. The van der Waals surface area contributed by atoms with E-state index in [1.54, 1.807) is 0 Å². The second kappa shape index (κ2) is 3.90. The fraction of sp³-hybridized carbons (Fsp3) is 1.00. The molecular formula is C7H16N. The smallest absolute Gasteiger partial charge is 0.0218 e. The highest BCUT2D eigenvalue weighted by atomic mass is 14.9. The van der Waals surface area contributed by atoms with Gasteiger partial charge in [0.2, 0.25) is 0 Å². The van der Waals surface area contributed by atoms with E-state index in [4.69, 9.17) is 0 Å². The van der Waals surface area contributed by atoms with Crippen molar-refractivity contribution in [2.75, 3.05) is 0 Å². The molecule has 0 rings (SSSR count). The molecule has 0 bridgehead atoms. The van der Waals surface area contributed by atoms with Crippen molar-refractivity contribution in [2.45, 2.75) is 46.2 Å². The van der Waals surface area contributed by atoms with Gasteiger partial charge in [-0.2, -0.15) is 0 Å². The van der Waals surface area contributed by atoms with Crippen molar-refractivity contribution in [3.05, 3.63) is 0 Å². The third kappa shape index (κ3) is 4.13. The third-order valence-corrected chi connectivity index (χ3v) is 1.14. The van der Waals surface area contributed by atoms with Crippen LogP contribution in [0.2, 0.25) is 0 Å². The summed E-state index contributed by atoms with van der Waals surface area (Å²) in [4.78, 5) is 0. The molecule has 0 spiro atoms. The van der Waals surface area contributed by atoms with Gasteiger partial charge in [0.25, 0.3) is 0 Å². The number of nitrogens with zero attached hydrogens (tertiary/aromatic N) is 1. The van der Waals surface area contributed by atoms with E-state index in [0.717, 1.165) is 6.42 Å². The van der Waals surface area contributed by atoms with Crippen LogP contribution < -0.4 is 5.32 Å². The molecule has 1 radical (unpaired) electrons. The highest BCUT2D eigenvalue weighted by Crippen LogP contribution is 1.92. The van der Waals surface area contributed by atoms with Crippen molar-refractivity contribution < 1.29 is 0 Å². The highest BCUT2D eigenvalue weighted by Gasteiger charge is 1.99. The second-order valence-electron chi connectivity index (χ2n) is 2.50. The van der Waals surface area contributed by atoms with Gasteiger partial charge in [-0.15, -0.1) is 0 Å². The maximum absolute atomic E-state index is 4.40. The first-order valence-corrected chi connectivity index (χ1v) is 3.36. The summed E-state index contributed by atoms with van der Waals surface area (Å²) >= 11 is 0. The van der Waals surface area contributed by atoms with Gasteiger partial charge < -0.3 is 0 Å². The SMILES string of the molecule is CCC(C)[N]C(C)C. The Bertz CT molecular complexity index is 50.3. The summed E-state index contributed by atoms with van der Waals surface area (Å²) in [6.07, 6.45) is 1.16. The van der Waals surface area contributed by atoms with Gasteiger partial charge in [0, 0.05) is 12.1 Å². The molecule has 0 aliphatic rings. The van der Waals surface area contributed by atoms with Crippen molar-refractivity contribution in [3.63, 3.8) is 0 Å². The van der Waals surface area contributed by atoms with Crippen molar-refractivity contribution >= 4 is 0 Å². The van der Waals surface area contributed by atoms with Gasteiger partial charge in [-0.05, 0) is 27.2 Å². The minimum Gasteiger partial charge on any atom is -0.236 e. The molecule has 0 heterocycles. The van der Waals surface area contributed by atoms with Crippen LogP contribution in [0.25, 0.3) is 0 Å². The summed E-state index contributed by atoms with van der Waals surface area (Å²) in [7, 11) is 0. The van der Waals surface area contributed by atoms with E-state index in [2.05, 4.69) is 33.0 Å². The molecule has 0 aromatic carbocycles. The zero-order chi connectivity index (χ0) is 6.57. The Kier molecular flexibility index (Phi) is 3.88. The van der Waals surface area contributed by atoms with Crippen molar-refractivity contribution in [1.29, 1.82) is 0 Å². The lowest BCUT2D eigenvalue weighted by atomic mass is 10.2. The topological polar surface area (TPSA) is 14.1 Å². The zero-order valence-electron chi connectivity index (χ0n) is 6.31. The minimum atomic E-state index is 0.505. The first-order valence-electron chi connectivity index (χ1n) is 3.36. The first-order chi connectivity index (χ1) is 3.66. The van der Waals surface area contributed by atoms with E-state index >= 15 is 0 Å². The van der Waals surface area contributed by atoms with Crippen LogP contribution in [0, 0.1) is 0 Å². The Balaban J connectivity index is 3.10. The van der Waals surface area contributed by atoms with Gasteiger partial charge in [0.05, 0.1) is 0 Å². The Labute approximate surface area is 52.5 Å². The lowest BCUT2D eigenvalue weighted by Gasteiger charge is -2.10. The molecule has 1 nitrogen and oxygen atoms in total. The van der Waals surface area contributed by atoms with Gasteiger partial charge in [-0.25, -0.2) is 5.32 Å². The molecule has 0 N–H and O–H groups in total. The Morgan fingerprint density at radius 2 is 1.75 bits per heavy atom. The summed E-state index contributed by atoms with van der Waals surface area (Å²) in [5.41, 5.74) is 0. The van der Waals surface area contributed by atoms with Crippen LogP contribution in [-0.2, 0) is 0 Å². The minimum absolute atomic E-state index is 0.505. The summed E-state index contributed by atoms with van der Waals surface area (Å²) in [6, 6.07) is 1.06. The average molecular weight is 114 g/mol. The normalized spacial score (nSPS) is 14.6. The van der Waals surface area contributed by atoms with Gasteiger partial charge >= 0.3 is 0 Å². The van der Waals surface area contributed by atoms with E-state index in [1.165, 1.54) is 0 Å². The third-order valence-electron chi connectivity index (χ3n) is 1.14. The van der Waals surface area contributed by atoms with E-state index < -0.39 is 0 Å². The predicted octanol–water partition coefficient (Wildman–Crippen LogP) is 1.80. The van der Waals surface area contributed by atoms with E-state index in [1.807, 2.05) is 0 Å². The molecule has 1 heteroatoms. The van der Waals surface area contributed by atoms with Crippen molar-refractivity contribution in [1.82, 2.24) is 5.32 Å².